The number of rotatable bonds is 1. The summed E-state index contributed by atoms with van der Waals surface area (Å²) in [6.45, 7) is 1.58. The quantitative estimate of drug-likeness (QED) is 0.799. The standard InChI is InChI=1S/C17H21N3O3/c1-18-12-4-5-13(18)10-20(8-7-12)16(21)11-3-6-15-14(9-11)19(2)17(22)23-15/h3,6,9,12-13H,4-5,7-8,10H2,1-2H3/t12-,13+/m1/s1. The fourth-order valence-corrected chi connectivity index (χ4v) is 3.94. The van der Waals surface area contributed by atoms with Crippen molar-refractivity contribution >= 4 is 17.0 Å². The van der Waals surface area contributed by atoms with E-state index < -0.39 is 5.76 Å². The molecule has 2 bridgehead atoms. The van der Waals surface area contributed by atoms with Gasteiger partial charge in [0.05, 0.1) is 5.52 Å². The van der Waals surface area contributed by atoms with E-state index in [1.807, 2.05) is 4.90 Å². The molecular formula is C17H21N3O3. The second-order valence-corrected chi connectivity index (χ2v) is 6.70. The third kappa shape index (κ3) is 2.28. The summed E-state index contributed by atoms with van der Waals surface area (Å²) in [4.78, 5) is 28.9. The van der Waals surface area contributed by atoms with Crippen molar-refractivity contribution in [2.45, 2.75) is 31.3 Å². The van der Waals surface area contributed by atoms with Gasteiger partial charge in [0, 0.05) is 37.8 Å². The zero-order valence-corrected chi connectivity index (χ0v) is 13.5. The Morgan fingerprint density at radius 1 is 1.17 bits per heavy atom. The number of hydrogen-bond donors (Lipinski definition) is 0. The number of aryl methyl sites for hydroxylation is 1. The van der Waals surface area contributed by atoms with E-state index in [1.165, 1.54) is 17.4 Å². The van der Waals surface area contributed by atoms with Crippen LogP contribution in [0.1, 0.15) is 29.6 Å². The average Bonchev–Trinajstić information content (AvgIpc) is 2.95. The van der Waals surface area contributed by atoms with Gasteiger partial charge in [0.2, 0.25) is 0 Å². The van der Waals surface area contributed by atoms with E-state index in [1.54, 1.807) is 25.2 Å². The molecular weight excluding hydrogens is 294 g/mol. The first-order chi connectivity index (χ1) is 11.0. The van der Waals surface area contributed by atoms with Crippen LogP contribution in [-0.4, -0.2) is 52.5 Å². The Kier molecular flexibility index (Phi) is 3.30. The van der Waals surface area contributed by atoms with Crippen molar-refractivity contribution in [3.63, 3.8) is 0 Å². The van der Waals surface area contributed by atoms with Crippen LogP contribution in [0.4, 0.5) is 0 Å². The van der Waals surface area contributed by atoms with Gasteiger partial charge in [-0.2, -0.15) is 0 Å². The van der Waals surface area contributed by atoms with E-state index in [0.717, 1.165) is 19.5 Å². The molecule has 2 atom stereocenters. The van der Waals surface area contributed by atoms with Gasteiger partial charge in [-0.25, -0.2) is 4.79 Å². The normalized spacial score (nSPS) is 25.0. The highest BCUT2D eigenvalue weighted by molar-refractivity contribution is 5.97. The van der Waals surface area contributed by atoms with Crippen LogP contribution >= 0.6 is 0 Å². The number of carbonyl (C=O) groups is 1. The largest absolute Gasteiger partial charge is 0.419 e. The topological polar surface area (TPSA) is 58.7 Å². The zero-order chi connectivity index (χ0) is 16.1. The van der Waals surface area contributed by atoms with E-state index in [9.17, 15) is 9.59 Å². The van der Waals surface area contributed by atoms with Crippen LogP contribution in [0.5, 0.6) is 0 Å². The summed E-state index contributed by atoms with van der Waals surface area (Å²) in [5, 5.41) is 0. The number of nitrogens with zero attached hydrogens (tertiary/aromatic N) is 3. The Balaban J connectivity index is 1.64. The summed E-state index contributed by atoms with van der Waals surface area (Å²) in [5.74, 6) is -0.361. The third-order valence-corrected chi connectivity index (χ3v) is 5.47. The molecule has 0 radical (unpaired) electrons. The van der Waals surface area contributed by atoms with Crippen molar-refractivity contribution in [3.05, 3.63) is 34.3 Å². The Morgan fingerprint density at radius 3 is 2.78 bits per heavy atom. The van der Waals surface area contributed by atoms with Crippen molar-refractivity contribution in [2.75, 3.05) is 20.1 Å². The highest BCUT2D eigenvalue weighted by Gasteiger charge is 2.36. The summed E-state index contributed by atoms with van der Waals surface area (Å²) in [5.41, 5.74) is 1.80. The first-order valence-corrected chi connectivity index (χ1v) is 8.15. The summed E-state index contributed by atoms with van der Waals surface area (Å²) in [6.07, 6.45) is 3.44. The first-order valence-electron chi connectivity index (χ1n) is 8.15. The van der Waals surface area contributed by atoms with Crippen LogP contribution in [0, 0.1) is 0 Å². The third-order valence-electron chi connectivity index (χ3n) is 5.47. The Hall–Kier alpha value is -2.08. The van der Waals surface area contributed by atoms with Gasteiger partial charge in [-0.05, 0) is 44.5 Å². The maximum Gasteiger partial charge on any atom is 0.419 e. The van der Waals surface area contributed by atoms with Gasteiger partial charge in [0.15, 0.2) is 5.58 Å². The molecule has 1 amide bonds. The molecule has 2 saturated heterocycles. The number of benzene rings is 1. The molecule has 23 heavy (non-hydrogen) atoms. The van der Waals surface area contributed by atoms with Crippen LogP contribution in [-0.2, 0) is 7.05 Å². The molecule has 6 heteroatoms. The number of likely N-dealkylation sites (tertiary alicyclic amines) is 1. The lowest BCUT2D eigenvalue weighted by atomic mass is 10.1. The van der Waals surface area contributed by atoms with Crippen molar-refractivity contribution in [1.82, 2.24) is 14.4 Å². The Bertz CT molecular complexity index is 822. The summed E-state index contributed by atoms with van der Waals surface area (Å²) in [6, 6.07) is 6.29. The Labute approximate surface area is 134 Å². The number of aromatic nitrogens is 1. The molecule has 2 fully saturated rings. The number of oxazole rings is 1. The van der Waals surface area contributed by atoms with E-state index in [2.05, 4.69) is 11.9 Å². The molecule has 1 aromatic carbocycles. The first kappa shape index (κ1) is 14.5. The lowest BCUT2D eigenvalue weighted by Gasteiger charge is -2.25. The molecule has 0 aliphatic carbocycles. The minimum Gasteiger partial charge on any atom is -0.408 e. The molecule has 2 aliphatic rings. The van der Waals surface area contributed by atoms with Gasteiger partial charge in [0.25, 0.3) is 5.91 Å². The fourth-order valence-electron chi connectivity index (χ4n) is 3.94. The molecule has 0 saturated carbocycles. The smallest absolute Gasteiger partial charge is 0.408 e. The molecule has 0 spiro atoms. The monoisotopic (exact) mass is 315 g/mol. The molecule has 0 N–H and O–H groups in total. The highest BCUT2D eigenvalue weighted by atomic mass is 16.4. The van der Waals surface area contributed by atoms with Crippen LogP contribution in [0.2, 0.25) is 0 Å². The maximum atomic E-state index is 12.9. The molecule has 0 unspecified atom stereocenters. The predicted molar refractivity (Wildman–Crippen MR) is 86.5 cm³/mol. The number of fused-ring (bicyclic) bond motifs is 3. The van der Waals surface area contributed by atoms with Crippen LogP contribution in [0.25, 0.3) is 11.1 Å². The number of carbonyl (C=O) groups excluding carboxylic acids is 1. The summed E-state index contributed by atoms with van der Waals surface area (Å²) < 4.78 is 6.56. The van der Waals surface area contributed by atoms with Gasteiger partial charge in [0.1, 0.15) is 0 Å². The minimum atomic E-state index is -0.404. The van der Waals surface area contributed by atoms with Gasteiger partial charge < -0.3 is 9.32 Å². The second-order valence-electron chi connectivity index (χ2n) is 6.70. The maximum absolute atomic E-state index is 12.9. The molecule has 2 aromatic rings. The van der Waals surface area contributed by atoms with E-state index in [0.29, 0.717) is 28.7 Å². The van der Waals surface area contributed by atoms with E-state index >= 15 is 0 Å². The molecule has 1 aromatic heterocycles. The Morgan fingerprint density at radius 2 is 1.96 bits per heavy atom. The SMILES string of the molecule is CN1[C@@H]2CC[C@H]1CN(C(=O)c1ccc3oc(=O)n(C)c3c1)CC2. The molecule has 2 aliphatic heterocycles. The van der Waals surface area contributed by atoms with E-state index in [-0.39, 0.29) is 5.91 Å². The molecule has 6 nitrogen and oxygen atoms in total. The molecule has 4 rings (SSSR count). The van der Waals surface area contributed by atoms with Crippen LogP contribution < -0.4 is 5.76 Å². The summed E-state index contributed by atoms with van der Waals surface area (Å²) >= 11 is 0. The fraction of sp³-hybridized carbons (Fsp3) is 0.529. The second kappa shape index (κ2) is 5.23. The van der Waals surface area contributed by atoms with Crippen molar-refractivity contribution in [3.8, 4) is 0 Å². The van der Waals surface area contributed by atoms with Crippen molar-refractivity contribution < 1.29 is 9.21 Å². The van der Waals surface area contributed by atoms with Gasteiger partial charge in [-0.3, -0.25) is 14.3 Å². The van der Waals surface area contributed by atoms with Crippen LogP contribution in [0.3, 0.4) is 0 Å². The van der Waals surface area contributed by atoms with Gasteiger partial charge in [-0.1, -0.05) is 0 Å². The van der Waals surface area contributed by atoms with E-state index in [4.69, 9.17) is 4.42 Å². The average molecular weight is 315 g/mol. The number of likely N-dealkylation sites (N-methyl/N-ethyl adjacent to an activating group) is 1. The van der Waals surface area contributed by atoms with Crippen LogP contribution in [0.15, 0.2) is 27.4 Å². The predicted octanol–water partition coefficient (Wildman–Crippen LogP) is 1.44. The number of hydrogen-bond acceptors (Lipinski definition) is 4. The van der Waals surface area contributed by atoms with Crippen molar-refractivity contribution in [2.24, 2.45) is 7.05 Å². The minimum absolute atomic E-state index is 0.0431. The number of amides is 1. The lowest BCUT2D eigenvalue weighted by Crippen LogP contribution is -2.39. The zero-order valence-electron chi connectivity index (χ0n) is 13.5. The lowest BCUT2D eigenvalue weighted by molar-refractivity contribution is 0.0740. The highest BCUT2D eigenvalue weighted by Crippen LogP contribution is 2.29. The van der Waals surface area contributed by atoms with Gasteiger partial charge in [-0.15, -0.1) is 0 Å². The van der Waals surface area contributed by atoms with Gasteiger partial charge >= 0.3 is 5.76 Å². The molecule has 3 heterocycles. The summed E-state index contributed by atoms with van der Waals surface area (Å²) in [7, 11) is 3.83. The molecule has 122 valence electrons. The van der Waals surface area contributed by atoms with Crippen molar-refractivity contribution in [1.29, 1.82) is 0 Å².